The molecule has 0 aliphatic rings. The molecule has 7 heteroatoms. The van der Waals surface area contributed by atoms with Crippen LogP contribution in [0.2, 0.25) is 5.15 Å². The number of nitrogens with zero attached hydrogens (tertiary/aromatic N) is 3. The summed E-state index contributed by atoms with van der Waals surface area (Å²) in [6.07, 6.45) is 1.57. The quantitative estimate of drug-likeness (QED) is 0.443. The lowest BCUT2D eigenvalue weighted by molar-refractivity contribution is -0.384. The Bertz CT molecular complexity index is 918. The summed E-state index contributed by atoms with van der Waals surface area (Å²) in [5, 5.41) is 16.6. The molecular formula is C16H13ClN4O2. The lowest BCUT2D eigenvalue weighted by Crippen LogP contribution is -1.96. The summed E-state index contributed by atoms with van der Waals surface area (Å²) in [6.45, 7) is 0. The second-order valence-electron chi connectivity index (χ2n) is 4.92. The highest BCUT2D eigenvalue weighted by molar-refractivity contribution is 6.34. The first-order valence-corrected chi connectivity index (χ1v) is 7.23. The van der Waals surface area contributed by atoms with Gasteiger partial charge in [0.2, 0.25) is 0 Å². The molecule has 3 rings (SSSR count). The smallest absolute Gasteiger partial charge is 0.294 e. The van der Waals surface area contributed by atoms with Gasteiger partial charge in [-0.15, -0.1) is 0 Å². The molecule has 0 amide bonds. The number of nitro benzene ring substituents is 1. The Morgan fingerprint density at radius 2 is 1.91 bits per heavy atom. The largest absolute Gasteiger partial charge is 0.334 e. The van der Waals surface area contributed by atoms with Gasteiger partial charge in [0.25, 0.3) is 5.69 Å². The number of aryl methyl sites for hydroxylation is 1. The molecule has 1 heterocycles. The van der Waals surface area contributed by atoms with E-state index in [1.54, 1.807) is 24.4 Å². The lowest BCUT2D eigenvalue weighted by atomic mass is 10.2. The number of rotatable bonds is 4. The second kappa shape index (κ2) is 6.10. The minimum atomic E-state index is -0.456. The molecule has 1 N–H and O–H groups in total. The predicted octanol–water partition coefficient (Wildman–Crippen LogP) is 4.19. The number of aromatic nitrogens is 1. The maximum Gasteiger partial charge on any atom is 0.294 e. The Morgan fingerprint density at radius 1 is 1.22 bits per heavy atom. The van der Waals surface area contributed by atoms with Crippen molar-refractivity contribution in [3.05, 3.63) is 69.4 Å². The zero-order chi connectivity index (χ0) is 16.4. The van der Waals surface area contributed by atoms with Crippen molar-refractivity contribution in [2.75, 3.05) is 5.43 Å². The first kappa shape index (κ1) is 15.1. The van der Waals surface area contributed by atoms with Crippen LogP contribution in [0.15, 0.2) is 53.6 Å². The van der Waals surface area contributed by atoms with Crippen molar-refractivity contribution >= 4 is 40.1 Å². The van der Waals surface area contributed by atoms with Gasteiger partial charge in [-0.25, -0.2) is 0 Å². The standard InChI is InChI=1S/C16H13ClN4O2/c1-20-14-8-4-2-6-11(14)12(16(20)17)10-18-19-13-7-3-5-9-15(13)21(22)23/h2-10,19H,1H3/b18-10-. The van der Waals surface area contributed by atoms with Crippen molar-refractivity contribution in [1.82, 2.24) is 4.57 Å². The van der Waals surface area contributed by atoms with Crippen molar-refractivity contribution in [3.8, 4) is 0 Å². The Balaban J connectivity index is 1.93. The number of benzene rings is 2. The third-order valence-corrected chi connectivity index (χ3v) is 4.01. The van der Waals surface area contributed by atoms with Crippen molar-refractivity contribution in [3.63, 3.8) is 0 Å². The van der Waals surface area contributed by atoms with E-state index >= 15 is 0 Å². The summed E-state index contributed by atoms with van der Waals surface area (Å²) in [5.74, 6) is 0. The Labute approximate surface area is 137 Å². The van der Waals surface area contributed by atoms with E-state index in [-0.39, 0.29) is 5.69 Å². The molecule has 0 aliphatic heterocycles. The van der Waals surface area contributed by atoms with Crippen molar-refractivity contribution < 1.29 is 4.92 Å². The van der Waals surface area contributed by atoms with Crippen molar-refractivity contribution in [2.45, 2.75) is 0 Å². The van der Waals surface area contributed by atoms with E-state index in [2.05, 4.69) is 10.5 Å². The number of fused-ring (bicyclic) bond motifs is 1. The minimum absolute atomic E-state index is 0.0336. The van der Waals surface area contributed by atoms with Gasteiger partial charge in [-0.05, 0) is 12.1 Å². The van der Waals surface area contributed by atoms with Crippen molar-refractivity contribution in [1.29, 1.82) is 0 Å². The first-order chi connectivity index (χ1) is 11.1. The average molecular weight is 329 g/mol. The molecule has 116 valence electrons. The van der Waals surface area contributed by atoms with Crippen LogP contribution in [0.1, 0.15) is 5.56 Å². The van der Waals surface area contributed by atoms with Crippen LogP contribution in [0.3, 0.4) is 0 Å². The van der Waals surface area contributed by atoms with Gasteiger partial charge in [0.05, 0.1) is 11.1 Å². The Kier molecular flexibility index (Phi) is 3.99. The van der Waals surface area contributed by atoms with E-state index in [4.69, 9.17) is 11.6 Å². The van der Waals surface area contributed by atoms with Crippen LogP contribution >= 0.6 is 11.6 Å². The number of hydrazone groups is 1. The summed E-state index contributed by atoms with van der Waals surface area (Å²) >= 11 is 6.34. The highest BCUT2D eigenvalue weighted by Gasteiger charge is 2.13. The maximum atomic E-state index is 11.0. The highest BCUT2D eigenvalue weighted by Crippen LogP contribution is 2.28. The molecule has 1 aromatic heterocycles. The molecule has 23 heavy (non-hydrogen) atoms. The molecule has 0 bridgehead atoms. The maximum absolute atomic E-state index is 11.0. The van der Waals surface area contributed by atoms with Crippen LogP contribution in [-0.4, -0.2) is 15.7 Å². The molecule has 0 fully saturated rings. The Morgan fingerprint density at radius 3 is 2.70 bits per heavy atom. The van der Waals surface area contributed by atoms with E-state index in [0.717, 1.165) is 16.5 Å². The predicted molar refractivity (Wildman–Crippen MR) is 92.2 cm³/mol. The van der Waals surface area contributed by atoms with Gasteiger partial charge >= 0.3 is 0 Å². The van der Waals surface area contributed by atoms with E-state index in [0.29, 0.717) is 10.8 Å². The lowest BCUT2D eigenvalue weighted by Gasteiger charge is -2.01. The molecule has 0 unspecified atom stereocenters. The zero-order valence-electron chi connectivity index (χ0n) is 12.2. The van der Waals surface area contributed by atoms with E-state index < -0.39 is 4.92 Å². The summed E-state index contributed by atoms with van der Waals surface area (Å²) in [4.78, 5) is 10.5. The minimum Gasteiger partial charge on any atom is -0.334 e. The van der Waals surface area contributed by atoms with Gasteiger partial charge < -0.3 is 4.57 Å². The van der Waals surface area contributed by atoms with E-state index in [1.165, 1.54) is 6.07 Å². The van der Waals surface area contributed by atoms with Crippen LogP contribution < -0.4 is 5.43 Å². The number of nitrogens with one attached hydrogen (secondary N) is 1. The molecule has 3 aromatic rings. The summed E-state index contributed by atoms with van der Waals surface area (Å²) < 4.78 is 1.86. The molecule has 0 saturated carbocycles. The fourth-order valence-corrected chi connectivity index (χ4v) is 2.65. The number of halogens is 1. The molecule has 6 nitrogen and oxygen atoms in total. The van der Waals surface area contributed by atoms with Gasteiger partial charge in [0.1, 0.15) is 10.8 Å². The van der Waals surface area contributed by atoms with Crippen LogP contribution in [0.25, 0.3) is 10.9 Å². The van der Waals surface area contributed by atoms with Gasteiger partial charge in [-0.2, -0.15) is 5.10 Å². The molecule has 2 aromatic carbocycles. The summed E-state index contributed by atoms with van der Waals surface area (Å²) in [6, 6.07) is 14.1. The normalized spacial score (nSPS) is 11.2. The number of hydrogen-bond acceptors (Lipinski definition) is 4. The highest BCUT2D eigenvalue weighted by atomic mass is 35.5. The second-order valence-corrected chi connectivity index (χ2v) is 5.28. The van der Waals surface area contributed by atoms with Crippen LogP contribution in [0.4, 0.5) is 11.4 Å². The summed E-state index contributed by atoms with van der Waals surface area (Å²) in [5.41, 5.74) is 4.75. The van der Waals surface area contributed by atoms with Gasteiger partial charge in [0, 0.05) is 29.6 Å². The number of hydrogen-bond donors (Lipinski definition) is 1. The molecular weight excluding hydrogens is 316 g/mol. The fourth-order valence-electron chi connectivity index (χ4n) is 2.41. The first-order valence-electron chi connectivity index (χ1n) is 6.85. The topological polar surface area (TPSA) is 72.5 Å². The SMILES string of the molecule is Cn1c(Cl)c(/C=N\Nc2ccccc2[N+](=O)[O-])c2ccccc21. The summed E-state index contributed by atoms with van der Waals surface area (Å²) in [7, 11) is 1.87. The average Bonchev–Trinajstić information content (AvgIpc) is 2.80. The number of anilines is 1. The Hall–Kier alpha value is -2.86. The van der Waals surface area contributed by atoms with Crippen LogP contribution in [0, 0.1) is 10.1 Å². The fraction of sp³-hybridized carbons (Fsp3) is 0.0625. The van der Waals surface area contributed by atoms with Gasteiger partial charge in [-0.3, -0.25) is 15.5 Å². The number of nitro groups is 1. The van der Waals surface area contributed by atoms with Gasteiger partial charge in [-0.1, -0.05) is 41.9 Å². The molecule has 0 atom stereocenters. The number of para-hydroxylation sites is 3. The third-order valence-electron chi connectivity index (χ3n) is 3.55. The van der Waals surface area contributed by atoms with E-state index in [9.17, 15) is 10.1 Å². The van der Waals surface area contributed by atoms with Gasteiger partial charge in [0.15, 0.2) is 0 Å². The van der Waals surface area contributed by atoms with Crippen LogP contribution in [-0.2, 0) is 7.05 Å². The van der Waals surface area contributed by atoms with Crippen LogP contribution in [0.5, 0.6) is 0 Å². The van der Waals surface area contributed by atoms with Crippen molar-refractivity contribution in [2.24, 2.45) is 12.1 Å². The third kappa shape index (κ3) is 2.76. The molecule has 0 aliphatic carbocycles. The van der Waals surface area contributed by atoms with E-state index in [1.807, 2.05) is 35.9 Å². The monoisotopic (exact) mass is 328 g/mol. The molecule has 0 spiro atoms. The zero-order valence-corrected chi connectivity index (χ0v) is 13.0. The molecule has 0 radical (unpaired) electrons. The molecule has 0 saturated heterocycles.